The summed E-state index contributed by atoms with van der Waals surface area (Å²) < 4.78 is 1.74. The summed E-state index contributed by atoms with van der Waals surface area (Å²) in [4.78, 5) is 13.9. The molecule has 0 aliphatic carbocycles. The number of primary amides is 1. The third-order valence-electron chi connectivity index (χ3n) is 6.33. The van der Waals surface area contributed by atoms with Gasteiger partial charge in [0.15, 0.2) is 5.69 Å². The number of nitrogens with zero attached hydrogens (tertiary/aromatic N) is 3. The van der Waals surface area contributed by atoms with Gasteiger partial charge in [-0.1, -0.05) is 60.7 Å². The van der Waals surface area contributed by atoms with Crippen LogP contribution in [-0.4, -0.2) is 33.7 Å². The molecule has 3 aromatic carbocycles. The summed E-state index contributed by atoms with van der Waals surface area (Å²) in [6.07, 6.45) is 2.19. The quantitative estimate of drug-likeness (QED) is 0.455. The van der Waals surface area contributed by atoms with Crippen molar-refractivity contribution in [2.75, 3.05) is 13.1 Å². The Hall–Kier alpha value is -3.70. The second kappa shape index (κ2) is 9.04. The first-order valence-corrected chi connectivity index (χ1v) is 11.4. The second-order valence-corrected chi connectivity index (χ2v) is 8.81. The first-order chi connectivity index (χ1) is 16.0. The molecule has 1 aliphatic heterocycles. The van der Waals surface area contributed by atoms with E-state index in [4.69, 9.17) is 5.73 Å². The van der Waals surface area contributed by atoms with Crippen LogP contribution in [0.4, 0.5) is 0 Å². The molecule has 4 aromatic rings. The number of nitrogens with two attached hydrogens (primary N) is 1. The van der Waals surface area contributed by atoms with Crippen molar-refractivity contribution in [1.82, 2.24) is 14.7 Å². The van der Waals surface area contributed by atoms with Gasteiger partial charge in [0, 0.05) is 12.2 Å². The minimum absolute atomic E-state index is 0.280. The van der Waals surface area contributed by atoms with E-state index in [2.05, 4.69) is 70.7 Å². The number of carbonyl (C=O) groups is 1. The molecular formula is C28H28N4O. The van der Waals surface area contributed by atoms with Crippen LogP contribution in [0.1, 0.15) is 39.3 Å². The van der Waals surface area contributed by atoms with E-state index in [-0.39, 0.29) is 5.69 Å². The van der Waals surface area contributed by atoms with E-state index in [1.807, 2.05) is 19.1 Å². The van der Waals surface area contributed by atoms with E-state index >= 15 is 0 Å². The van der Waals surface area contributed by atoms with Gasteiger partial charge in [0.25, 0.3) is 5.91 Å². The number of aromatic nitrogens is 2. The Labute approximate surface area is 194 Å². The van der Waals surface area contributed by atoms with E-state index in [1.165, 1.54) is 47.3 Å². The van der Waals surface area contributed by atoms with Crippen LogP contribution in [0.3, 0.4) is 0 Å². The summed E-state index contributed by atoms with van der Waals surface area (Å²) in [5.74, 6) is -0.514. The lowest BCUT2D eigenvalue weighted by molar-refractivity contribution is 0.0995. The normalized spacial score (nSPS) is 13.6. The second-order valence-electron chi connectivity index (χ2n) is 8.81. The number of rotatable bonds is 7. The molecule has 5 nitrogen and oxygen atoms in total. The lowest BCUT2D eigenvalue weighted by Gasteiger charge is -2.30. The summed E-state index contributed by atoms with van der Waals surface area (Å²) in [5, 5.41) is 4.30. The van der Waals surface area contributed by atoms with Gasteiger partial charge in [-0.15, -0.1) is 0 Å². The molecule has 0 bridgehead atoms. The first-order valence-electron chi connectivity index (χ1n) is 11.4. The van der Waals surface area contributed by atoms with Gasteiger partial charge in [-0.2, -0.15) is 5.10 Å². The highest BCUT2D eigenvalue weighted by Gasteiger charge is 2.13. The average molecular weight is 437 g/mol. The maximum absolute atomic E-state index is 11.4. The van der Waals surface area contributed by atoms with Crippen molar-refractivity contribution < 1.29 is 4.79 Å². The van der Waals surface area contributed by atoms with Crippen LogP contribution < -0.4 is 5.73 Å². The Morgan fingerprint density at radius 1 is 0.848 bits per heavy atom. The van der Waals surface area contributed by atoms with Crippen LogP contribution >= 0.6 is 0 Å². The lowest BCUT2D eigenvalue weighted by atomic mass is 9.99. The minimum Gasteiger partial charge on any atom is -0.364 e. The Bertz CT molecular complexity index is 1250. The summed E-state index contributed by atoms with van der Waals surface area (Å²) >= 11 is 0. The molecule has 2 N–H and O–H groups in total. The van der Waals surface area contributed by atoms with Crippen LogP contribution in [-0.2, 0) is 13.0 Å². The number of benzene rings is 3. The standard InChI is InChI=1S/C28H28N4O/c1-20-17-27(28(29)33)30-32(20)26-13-7-22(8-14-26)18-21-3-9-24(10-4-21)25-11-5-23(6-12-25)19-31-15-2-16-31/h3-14,17H,2,15-16,18-19H2,1H3,(H2,29,33). The van der Waals surface area contributed by atoms with Crippen LogP contribution in [0.5, 0.6) is 0 Å². The monoisotopic (exact) mass is 436 g/mol. The van der Waals surface area contributed by atoms with Crippen molar-refractivity contribution in [3.63, 3.8) is 0 Å². The molecule has 1 fully saturated rings. The number of aryl methyl sites for hydroxylation is 1. The fourth-order valence-electron chi connectivity index (χ4n) is 4.26. The van der Waals surface area contributed by atoms with Crippen molar-refractivity contribution in [2.24, 2.45) is 5.73 Å². The predicted molar refractivity (Wildman–Crippen MR) is 131 cm³/mol. The molecule has 0 atom stereocenters. The van der Waals surface area contributed by atoms with Crippen LogP contribution in [0.25, 0.3) is 16.8 Å². The molecule has 1 amide bonds. The van der Waals surface area contributed by atoms with Gasteiger partial charge >= 0.3 is 0 Å². The molecule has 0 unspecified atom stereocenters. The highest BCUT2D eigenvalue weighted by atomic mass is 16.1. The van der Waals surface area contributed by atoms with Crippen LogP contribution in [0.15, 0.2) is 78.9 Å². The molecule has 2 heterocycles. The molecule has 5 heteroatoms. The Balaban J connectivity index is 1.24. The zero-order valence-corrected chi connectivity index (χ0v) is 18.9. The Morgan fingerprint density at radius 3 is 1.88 bits per heavy atom. The zero-order chi connectivity index (χ0) is 22.8. The molecule has 1 aromatic heterocycles. The van der Waals surface area contributed by atoms with Crippen molar-refractivity contribution in [3.05, 3.63) is 107 Å². The topological polar surface area (TPSA) is 64.2 Å². The number of carbonyl (C=O) groups excluding carboxylic acids is 1. The van der Waals surface area contributed by atoms with Gasteiger partial charge in [-0.25, -0.2) is 4.68 Å². The van der Waals surface area contributed by atoms with Gasteiger partial charge in [-0.3, -0.25) is 9.69 Å². The third kappa shape index (κ3) is 4.73. The zero-order valence-electron chi connectivity index (χ0n) is 18.9. The molecule has 1 aliphatic rings. The van der Waals surface area contributed by atoms with E-state index in [0.717, 1.165) is 24.3 Å². The third-order valence-corrected chi connectivity index (χ3v) is 6.33. The van der Waals surface area contributed by atoms with E-state index in [1.54, 1.807) is 10.7 Å². The number of likely N-dealkylation sites (tertiary alicyclic amines) is 1. The highest BCUT2D eigenvalue weighted by molar-refractivity contribution is 5.90. The van der Waals surface area contributed by atoms with Gasteiger partial charge in [0.05, 0.1) is 5.69 Å². The number of amides is 1. The number of hydrogen-bond donors (Lipinski definition) is 1. The average Bonchev–Trinajstić information content (AvgIpc) is 3.20. The summed E-state index contributed by atoms with van der Waals surface area (Å²) in [7, 11) is 0. The van der Waals surface area contributed by atoms with Gasteiger partial charge in [0.2, 0.25) is 0 Å². The molecule has 33 heavy (non-hydrogen) atoms. The van der Waals surface area contributed by atoms with Gasteiger partial charge in [-0.05, 0) is 78.9 Å². The Morgan fingerprint density at radius 2 is 1.39 bits per heavy atom. The van der Waals surface area contributed by atoms with Crippen molar-refractivity contribution in [2.45, 2.75) is 26.3 Å². The first kappa shape index (κ1) is 21.2. The van der Waals surface area contributed by atoms with E-state index < -0.39 is 5.91 Å². The molecule has 1 saturated heterocycles. The van der Waals surface area contributed by atoms with Crippen molar-refractivity contribution in [1.29, 1.82) is 0 Å². The maximum atomic E-state index is 11.4. The van der Waals surface area contributed by atoms with E-state index in [0.29, 0.717) is 0 Å². The SMILES string of the molecule is Cc1cc(C(N)=O)nn1-c1ccc(Cc2ccc(-c3ccc(CN4CCC4)cc3)cc2)cc1. The fourth-order valence-corrected chi connectivity index (χ4v) is 4.26. The molecule has 5 rings (SSSR count). The fraction of sp³-hybridized carbons (Fsp3) is 0.214. The smallest absolute Gasteiger partial charge is 0.269 e. The largest absolute Gasteiger partial charge is 0.364 e. The molecule has 0 radical (unpaired) electrons. The summed E-state index contributed by atoms with van der Waals surface area (Å²) in [6.45, 7) is 5.43. The Kier molecular flexibility index (Phi) is 5.80. The van der Waals surface area contributed by atoms with Crippen molar-refractivity contribution >= 4 is 5.91 Å². The molecule has 0 saturated carbocycles. The van der Waals surface area contributed by atoms with Crippen LogP contribution in [0, 0.1) is 6.92 Å². The predicted octanol–water partition coefficient (Wildman–Crippen LogP) is 4.74. The van der Waals surface area contributed by atoms with E-state index in [9.17, 15) is 4.79 Å². The minimum atomic E-state index is -0.514. The maximum Gasteiger partial charge on any atom is 0.269 e. The van der Waals surface area contributed by atoms with Crippen molar-refractivity contribution in [3.8, 4) is 16.8 Å². The molecule has 166 valence electrons. The van der Waals surface area contributed by atoms with Gasteiger partial charge in [0.1, 0.15) is 0 Å². The molecular weight excluding hydrogens is 408 g/mol. The molecule has 0 spiro atoms. The van der Waals surface area contributed by atoms with Gasteiger partial charge < -0.3 is 5.73 Å². The van der Waals surface area contributed by atoms with Crippen LogP contribution in [0.2, 0.25) is 0 Å². The summed E-state index contributed by atoms with van der Waals surface area (Å²) in [5.41, 5.74) is 13.8. The lowest BCUT2D eigenvalue weighted by Crippen LogP contribution is -2.36. The summed E-state index contributed by atoms with van der Waals surface area (Å²) in [6, 6.07) is 27.7. The highest BCUT2D eigenvalue weighted by Crippen LogP contribution is 2.23. The number of hydrogen-bond acceptors (Lipinski definition) is 3.